The van der Waals surface area contributed by atoms with E-state index in [1.54, 1.807) is 18.3 Å². The first kappa shape index (κ1) is 9.65. The zero-order valence-corrected chi connectivity index (χ0v) is 7.14. The highest BCUT2D eigenvalue weighted by molar-refractivity contribution is 5.24. The Morgan fingerprint density at radius 3 is 2.85 bits per heavy atom. The second-order valence-corrected chi connectivity index (χ2v) is 2.71. The number of aliphatic hydroxyl groups is 1. The normalized spacial score (nSPS) is 12.1. The van der Waals surface area contributed by atoms with Crippen molar-refractivity contribution in [3.8, 4) is 6.07 Å². The van der Waals surface area contributed by atoms with E-state index in [-0.39, 0.29) is 12.6 Å². The van der Waals surface area contributed by atoms with E-state index >= 15 is 0 Å². The first-order valence-electron chi connectivity index (χ1n) is 4.00. The fourth-order valence-corrected chi connectivity index (χ4v) is 0.997. The third-order valence-corrected chi connectivity index (χ3v) is 1.77. The van der Waals surface area contributed by atoms with Crippen LogP contribution in [0.3, 0.4) is 0 Å². The molecule has 4 heteroatoms. The number of hydrogen-bond donors (Lipinski definition) is 2. The van der Waals surface area contributed by atoms with Gasteiger partial charge in [0.2, 0.25) is 0 Å². The van der Waals surface area contributed by atoms with Crippen LogP contribution in [0.5, 0.6) is 0 Å². The van der Waals surface area contributed by atoms with Gasteiger partial charge in [-0.3, -0.25) is 0 Å². The number of aliphatic hydroxyl groups excluding tert-OH is 1. The standard InChI is InChI=1S/C9H11N3O/c10-5-8-2-1-7(6-12-8)9(11)3-4-13/h1-2,6,9,13H,3-4,11H2. The Morgan fingerprint density at radius 2 is 2.38 bits per heavy atom. The van der Waals surface area contributed by atoms with Crippen molar-refractivity contribution in [2.75, 3.05) is 6.61 Å². The monoisotopic (exact) mass is 177 g/mol. The van der Waals surface area contributed by atoms with Gasteiger partial charge >= 0.3 is 0 Å². The van der Waals surface area contributed by atoms with Gasteiger partial charge in [-0.15, -0.1) is 0 Å². The van der Waals surface area contributed by atoms with Crippen LogP contribution in [0.15, 0.2) is 18.3 Å². The predicted molar refractivity (Wildman–Crippen MR) is 47.6 cm³/mol. The van der Waals surface area contributed by atoms with Gasteiger partial charge in [-0.25, -0.2) is 4.98 Å². The van der Waals surface area contributed by atoms with Crippen LogP contribution in [-0.4, -0.2) is 16.7 Å². The van der Waals surface area contributed by atoms with Gasteiger partial charge in [-0.1, -0.05) is 6.07 Å². The maximum absolute atomic E-state index is 8.65. The van der Waals surface area contributed by atoms with E-state index < -0.39 is 0 Å². The van der Waals surface area contributed by atoms with Crippen LogP contribution in [0.25, 0.3) is 0 Å². The van der Waals surface area contributed by atoms with Gasteiger partial charge in [0, 0.05) is 18.8 Å². The molecular weight excluding hydrogens is 166 g/mol. The summed E-state index contributed by atoms with van der Waals surface area (Å²) in [5.74, 6) is 0. The Kier molecular flexibility index (Phi) is 3.38. The number of hydrogen-bond acceptors (Lipinski definition) is 4. The number of pyridine rings is 1. The number of nitriles is 1. The Hall–Kier alpha value is -1.44. The summed E-state index contributed by atoms with van der Waals surface area (Å²) in [6.07, 6.45) is 2.08. The Morgan fingerprint density at radius 1 is 1.62 bits per heavy atom. The molecule has 1 aromatic heterocycles. The smallest absolute Gasteiger partial charge is 0.140 e. The molecular formula is C9H11N3O. The maximum atomic E-state index is 8.65. The highest BCUT2D eigenvalue weighted by Crippen LogP contribution is 2.11. The van der Waals surface area contributed by atoms with E-state index in [1.165, 1.54) is 0 Å². The zero-order chi connectivity index (χ0) is 9.68. The molecule has 0 bridgehead atoms. The fourth-order valence-electron chi connectivity index (χ4n) is 0.997. The minimum absolute atomic E-state index is 0.0567. The van der Waals surface area contributed by atoms with Gasteiger partial charge in [-0.05, 0) is 18.1 Å². The summed E-state index contributed by atoms with van der Waals surface area (Å²) >= 11 is 0. The van der Waals surface area contributed by atoms with Crippen LogP contribution in [0.1, 0.15) is 23.7 Å². The van der Waals surface area contributed by atoms with Crippen molar-refractivity contribution in [1.82, 2.24) is 4.98 Å². The molecule has 0 fully saturated rings. The number of nitrogens with two attached hydrogens (primary N) is 1. The molecule has 0 saturated heterocycles. The van der Waals surface area contributed by atoms with Gasteiger partial charge < -0.3 is 10.8 Å². The summed E-state index contributed by atoms with van der Waals surface area (Å²) in [4.78, 5) is 3.88. The Bertz CT molecular complexity index is 302. The Balaban J connectivity index is 2.75. The summed E-state index contributed by atoms with van der Waals surface area (Å²) in [5.41, 5.74) is 6.93. The molecule has 1 heterocycles. The van der Waals surface area contributed by atoms with Gasteiger partial charge in [0.1, 0.15) is 11.8 Å². The minimum Gasteiger partial charge on any atom is -0.396 e. The highest BCUT2D eigenvalue weighted by Gasteiger charge is 2.04. The fraction of sp³-hybridized carbons (Fsp3) is 0.333. The summed E-state index contributed by atoms with van der Waals surface area (Å²) in [6, 6.07) is 5.09. The van der Waals surface area contributed by atoms with Gasteiger partial charge in [0.05, 0.1) is 0 Å². The lowest BCUT2D eigenvalue weighted by molar-refractivity contribution is 0.276. The number of rotatable bonds is 3. The first-order chi connectivity index (χ1) is 6.27. The average molecular weight is 177 g/mol. The zero-order valence-electron chi connectivity index (χ0n) is 7.14. The number of nitrogens with zero attached hydrogens (tertiary/aromatic N) is 2. The van der Waals surface area contributed by atoms with Crippen molar-refractivity contribution in [2.45, 2.75) is 12.5 Å². The van der Waals surface area contributed by atoms with E-state index in [2.05, 4.69) is 4.98 Å². The van der Waals surface area contributed by atoms with E-state index in [1.807, 2.05) is 6.07 Å². The second-order valence-electron chi connectivity index (χ2n) is 2.71. The molecule has 1 aromatic rings. The molecule has 0 saturated carbocycles. The van der Waals surface area contributed by atoms with Crippen molar-refractivity contribution >= 4 is 0 Å². The lowest BCUT2D eigenvalue weighted by Gasteiger charge is -2.08. The molecule has 0 aromatic carbocycles. The van der Waals surface area contributed by atoms with Crippen molar-refractivity contribution in [2.24, 2.45) is 5.73 Å². The molecule has 0 radical (unpaired) electrons. The second kappa shape index (κ2) is 4.55. The maximum Gasteiger partial charge on any atom is 0.140 e. The molecule has 3 N–H and O–H groups in total. The van der Waals surface area contributed by atoms with Gasteiger partial charge in [0.15, 0.2) is 0 Å². The van der Waals surface area contributed by atoms with Crippen LogP contribution in [-0.2, 0) is 0 Å². The molecule has 1 unspecified atom stereocenters. The first-order valence-corrected chi connectivity index (χ1v) is 4.00. The summed E-state index contributed by atoms with van der Waals surface area (Å²) in [5, 5.41) is 17.1. The molecule has 1 rings (SSSR count). The van der Waals surface area contributed by atoms with Crippen molar-refractivity contribution in [3.05, 3.63) is 29.6 Å². The van der Waals surface area contributed by atoms with E-state index in [9.17, 15) is 0 Å². The van der Waals surface area contributed by atoms with Crippen LogP contribution in [0.4, 0.5) is 0 Å². The van der Waals surface area contributed by atoms with E-state index in [4.69, 9.17) is 16.1 Å². The van der Waals surface area contributed by atoms with Crippen molar-refractivity contribution in [1.29, 1.82) is 5.26 Å². The third kappa shape index (κ3) is 2.51. The SMILES string of the molecule is N#Cc1ccc(C(N)CCO)cn1. The van der Waals surface area contributed by atoms with Crippen molar-refractivity contribution < 1.29 is 5.11 Å². The average Bonchev–Trinajstić information content (AvgIpc) is 2.18. The topological polar surface area (TPSA) is 82.9 Å². The van der Waals surface area contributed by atoms with Gasteiger partial charge in [-0.2, -0.15) is 5.26 Å². The molecule has 0 aliphatic carbocycles. The molecule has 0 aliphatic heterocycles. The minimum atomic E-state index is -0.203. The third-order valence-electron chi connectivity index (χ3n) is 1.77. The molecule has 0 amide bonds. The van der Waals surface area contributed by atoms with Gasteiger partial charge in [0.25, 0.3) is 0 Å². The summed E-state index contributed by atoms with van der Waals surface area (Å²) in [6.45, 7) is 0.0567. The lowest BCUT2D eigenvalue weighted by atomic mass is 10.1. The predicted octanol–water partition coefficient (Wildman–Crippen LogP) is 0.335. The van der Waals surface area contributed by atoms with E-state index in [0.717, 1.165) is 5.56 Å². The lowest BCUT2D eigenvalue weighted by Crippen LogP contribution is -2.12. The van der Waals surface area contributed by atoms with Crippen LogP contribution in [0, 0.1) is 11.3 Å². The Labute approximate surface area is 76.6 Å². The summed E-state index contributed by atoms with van der Waals surface area (Å²) in [7, 11) is 0. The molecule has 4 nitrogen and oxygen atoms in total. The summed E-state index contributed by atoms with van der Waals surface area (Å²) < 4.78 is 0. The molecule has 68 valence electrons. The molecule has 0 spiro atoms. The molecule has 1 atom stereocenters. The quantitative estimate of drug-likeness (QED) is 0.697. The molecule has 13 heavy (non-hydrogen) atoms. The van der Waals surface area contributed by atoms with Crippen LogP contribution < -0.4 is 5.73 Å². The van der Waals surface area contributed by atoms with Crippen LogP contribution in [0.2, 0.25) is 0 Å². The molecule has 0 aliphatic rings. The van der Waals surface area contributed by atoms with E-state index in [0.29, 0.717) is 12.1 Å². The number of aromatic nitrogens is 1. The van der Waals surface area contributed by atoms with Crippen molar-refractivity contribution in [3.63, 3.8) is 0 Å². The largest absolute Gasteiger partial charge is 0.396 e. The highest BCUT2D eigenvalue weighted by atomic mass is 16.3. The van der Waals surface area contributed by atoms with Crippen LogP contribution >= 0.6 is 0 Å².